The number of hydrogen-bond donors (Lipinski definition) is 2. The lowest BCUT2D eigenvalue weighted by Gasteiger charge is -2.32. The van der Waals surface area contributed by atoms with Gasteiger partial charge in [0.15, 0.2) is 0 Å². The van der Waals surface area contributed by atoms with Gasteiger partial charge in [0.05, 0.1) is 6.54 Å². The number of imide groups is 1. The number of aromatic nitrogens is 2. The quantitative estimate of drug-likeness (QED) is 0.698. The van der Waals surface area contributed by atoms with E-state index in [1.165, 1.54) is 0 Å². The van der Waals surface area contributed by atoms with Gasteiger partial charge in [-0.15, -0.1) is 0 Å². The summed E-state index contributed by atoms with van der Waals surface area (Å²) in [5, 5.41) is 5.21. The van der Waals surface area contributed by atoms with Crippen LogP contribution in [0.4, 0.5) is 11.6 Å². The van der Waals surface area contributed by atoms with E-state index in [9.17, 15) is 9.59 Å². The molecule has 0 radical (unpaired) electrons. The minimum absolute atomic E-state index is 0.118. The van der Waals surface area contributed by atoms with Crippen LogP contribution in [0.1, 0.15) is 12.7 Å². The van der Waals surface area contributed by atoms with Gasteiger partial charge in [-0.05, 0) is 13.8 Å². The maximum Gasteiger partial charge on any atom is 0.249 e. The number of carbonyl (C=O) groups excluding carboxylic acids is 2. The van der Waals surface area contributed by atoms with Crippen molar-refractivity contribution >= 4 is 23.5 Å². The van der Waals surface area contributed by atoms with Gasteiger partial charge in [0, 0.05) is 13.1 Å². The largest absolute Gasteiger partial charge is 0.373 e. The molecular weight excluding hydrogens is 234 g/mol. The van der Waals surface area contributed by atoms with Crippen LogP contribution in [-0.4, -0.2) is 41.4 Å². The fraction of sp³-hybridized carbons (Fsp3) is 0.455. The molecule has 0 saturated carbocycles. The zero-order valence-corrected chi connectivity index (χ0v) is 10.5. The minimum atomic E-state index is -0.429. The van der Waals surface area contributed by atoms with Gasteiger partial charge >= 0.3 is 0 Å². The molecule has 1 aliphatic heterocycles. The summed E-state index contributed by atoms with van der Waals surface area (Å²) in [6.07, 6.45) is 0. The van der Waals surface area contributed by atoms with E-state index in [1.807, 2.05) is 0 Å². The van der Waals surface area contributed by atoms with Crippen LogP contribution >= 0.6 is 0 Å². The Morgan fingerprint density at radius 1 is 1.44 bits per heavy atom. The molecule has 1 aromatic rings. The molecular formula is C11H15N5O2. The fourth-order valence-electron chi connectivity index (χ4n) is 1.82. The first-order valence-corrected chi connectivity index (χ1v) is 5.65. The highest BCUT2D eigenvalue weighted by Gasteiger charge is 2.31. The van der Waals surface area contributed by atoms with Crippen LogP contribution in [0.5, 0.6) is 0 Å². The Hall–Kier alpha value is -2.18. The number of hydrogen-bond acceptors (Lipinski definition) is 6. The lowest BCUT2D eigenvalue weighted by Crippen LogP contribution is -2.57. The van der Waals surface area contributed by atoms with E-state index in [4.69, 9.17) is 0 Å². The zero-order chi connectivity index (χ0) is 13.3. The predicted molar refractivity (Wildman–Crippen MR) is 66.3 cm³/mol. The van der Waals surface area contributed by atoms with Gasteiger partial charge in [0.2, 0.25) is 11.8 Å². The zero-order valence-electron chi connectivity index (χ0n) is 10.5. The number of nitrogens with zero attached hydrogens (tertiary/aromatic N) is 3. The van der Waals surface area contributed by atoms with Crippen molar-refractivity contribution < 1.29 is 9.59 Å². The molecule has 0 aromatic carbocycles. The molecule has 0 bridgehead atoms. The van der Waals surface area contributed by atoms with E-state index in [0.29, 0.717) is 17.5 Å². The Morgan fingerprint density at radius 2 is 2.17 bits per heavy atom. The predicted octanol–water partition coefficient (Wildman–Crippen LogP) is -0.322. The van der Waals surface area contributed by atoms with Crippen LogP contribution < -0.4 is 15.5 Å². The van der Waals surface area contributed by atoms with Gasteiger partial charge in [-0.1, -0.05) is 0 Å². The van der Waals surface area contributed by atoms with Gasteiger partial charge in [0.25, 0.3) is 0 Å². The normalized spacial score (nSPS) is 19.7. The van der Waals surface area contributed by atoms with Gasteiger partial charge in [-0.25, -0.2) is 9.97 Å². The Kier molecular flexibility index (Phi) is 3.14. The molecule has 1 atom stereocenters. The standard InChI is InChI=1S/C11H15N5O2/c1-6-11(18)15-10(17)5-16(6)9-4-8(12-3)13-7(2)14-9/h4,6H,5H2,1-3H3,(H,12,13,14)(H,15,17,18). The van der Waals surface area contributed by atoms with Crippen molar-refractivity contribution in [3.63, 3.8) is 0 Å². The maximum absolute atomic E-state index is 11.6. The van der Waals surface area contributed by atoms with E-state index in [2.05, 4.69) is 20.6 Å². The van der Waals surface area contributed by atoms with E-state index in [0.717, 1.165) is 0 Å². The molecule has 1 aliphatic rings. The van der Waals surface area contributed by atoms with Crippen LogP contribution in [0.25, 0.3) is 0 Å². The van der Waals surface area contributed by atoms with Crippen LogP contribution in [0.3, 0.4) is 0 Å². The van der Waals surface area contributed by atoms with Crippen LogP contribution in [0.2, 0.25) is 0 Å². The molecule has 1 fully saturated rings. The van der Waals surface area contributed by atoms with Gasteiger partial charge in [0.1, 0.15) is 23.5 Å². The second kappa shape index (κ2) is 4.59. The molecule has 2 N–H and O–H groups in total. The Balaban J connectivity index is 2.37. The summed E-state index contributed by atoms with van der Waals surface area (Å²) < 4.78 is 0. The number of rotatable bonds is 2. The van der Waals surface area contributed by atoms with E-state index in [-0.39, 0.29) is 18.4 Å². The van der Waals surface area contributed by atoms with Gasteiger partial charge in [-0.2, -0.15) is 0 Å². The molecule has 0 spiro atoms. The number of carbonyl (C=O) groups is 2. The average molecular weight is 249 g/mol. The van der Waals surface area contributed by atoms with Crippen molar-refractivity contribution in [1.29, 1.82) is 0 Å². The summed E-state index contributed by atoms with van der Waals surface area (Å²) >= 11 is 0. The highest BCUT2D eigenvalue weighted by Crippen LogP contribution is 2.19. The third-order valence-electron chi connectivity index (χ3n) is 2.80. The molecule has 18 heavy (non-hydrogen) atoms. The summed E-state index contributed by atoms with van der Waals surface area (Å²) in [4.78, 5) is 33.1. The first-order valence-electron chi connectivity index (χ1n) is 5.65. The lowest BCUT2D eigenvalue weighted by atomic mass is 10.2. The smallest absolute Gasteiger partial charge is 0.249 e. The molecule has 7 heteroatoms. The van der Waals surface area contributed by atoms with E-state index < -0.39 is 6.04 Å². The van der Waals surface area contributed by atoms with Crippen molar-refractivity contribution in [2.75, 3.05) is 23.8 Å². The summed E-state index contributed by atoms with van der Waals surface area (Å²) in [5.74, 6) is 1.18. The number of piperazine rings is 1. The molecule has 2 heterocycles. The van der Waals surface area contributed by atoms with Crippen LogP contribution in [0, 0.1) is 6.92 Å². The average Bonchev–Trinajstić information content (AvgIpc) is 2.32. The molecule has 1 aromatic heterocycles. The summed E-state index contributed by atoms with van der Waals surface area (Å²) in [6.45, 7) is 3.62. The van der Waals surface area contributed by atoms with Gasteiger partial charge in [-0.3, -0.25) is 14.9 Å². The molecule has 96 valence electrons. The first-order chi connectivity index (χ1) is 8.51. The first kappa shape index (κ1) is 12.3. The van der Waals surface area contributed by atoms with Crippen LogP contribution in [-0.2, 0) is 9.59 Å². The molecule has 2 amide bonds. The highest BCUT2D eigenvalue weighted by molar-refractivity contribution is 6.04. The molecule has 7 nitrogen and oxygen atoms in total. The minimum Gasteiger partial charge on any atom is -0.373 e. The second-order valence-corrected chi connectivity index (χ2v) is 4.12. The topological polar surface area (TPSA) is 87.2 Å². The van der Waals surface area contributed by atoms with Crippen molar-refractivity contribution in [2.24, 2.45) is 0 Å². The number of amides is 2. The summed E-state index contributed by atoms with van der Waals surface area (Å²) in [5.41, 5.74) is 0. The lowest BCUT2D eigenvalue weighted by molar-refractivity contribution is -0.132. The number of anilines is 2. The summed E-state index contributed by atoms with van der Waals surface area (Å²) in [7, 11) is 1.75. The SMILES string of the molecule is CNc1cc(N2CC(=O)NC(=O)C2C)nc(C)n1. The van der Waals surface area contributed by atoms with Crippen molar-refractivity contribution in [2.45, 2.75) is 19.9 Å². The Labute approximate surface area is 105 Å². The second-order valence-electron chi connectivity index (χ2n) is 4.12. The fourth-order valence-corrected chi connectivity index (χ4v) is 1.82. The maximum atomic E-state index is 11.6. The molecule has 1 unspecified atom stereocenters. The van der Waals surface area contributed by atoms with Crippen molar-refractivity contribution in [3.05, 3.63) is 11.9 Å². The van der Waals surface area contributed by atoms with E-state index >= 15 is 0 Å². The monoisotopic (exact) mass is 249 g/mol. The third-order valence-corrected chi connectivity index (χ3v) is 2.80. The molecule has 1 saturated heterocycles. The highest BCUT2D eigenvalue weighted by atomic mass is 16.2. The Morgan fingerprint density at radius 3 is 2.83 bits per heavy atom. The summed E-state index contributed by atoms with van der Waals surface area (Å²) in [6, 6.07) is 1.29. The van der Waals surface area contributed by atoms with Gasteiger partial charge < -0.3 is 10.2 Å². The number of nitrogens with one attached hydrogen (secondary N) is 2. The van der Waals surface area contributed by atoms with Crippen molar-refractivity contribution in [3.8, 4) is 0 Å². The van der Waals surface area contributed by atoms with E-state index in [1.54, 1.807) is 31.9 Å². The van der Waals surface area contributed by atoms with Crippen molar-refractivity contribution in [1.82, 2.24) is 15.3 Å². The number of aryl methyl sites for hydroxylation is 1. The molecule has 2 rings (SSSR count). The Bertz CT molecular complexity index is 502. The van der Waals surface area contributed by atoms with Crippen LogP contribution in [0.15, 0.2) is 6.07 Å². The third kappa shape index (κ3) is 2.24. The molecule has 0 aliphatic carbocycles.